The largest absolute Gasteiger partial charge is 0.496 e. The van der Waals surface area contributed by atoms with Crippen molar-refractivity contribution in [2.45, 2.75) is 38.5 Å². The average Bonchev–Trinajstić information content (AvgIpc) is 2.90. The number of methoxy groups -OCH3 is 1. The van der Waals surface area contributed by atoms with Crippen molar-refractivity contribution in [2.24, 2.45) is 0 Å². The molecule has 0 saturated carbocycles. The maximum Gasteiger partial charge on any atom is 0.123 e. The summed E-state index contributed by atoms with van der Waals surface area (Å²) in [6.07, 6.45) is 2.68. The number of hydrogen-bond acceptors (Lipinski definition) is 3. The molecule has 1 aliphatic heterocycles. The first kappa shape index (κ1) is 13.8. The van der Waals surface area contributed by atoms with Gasteiger partial charge in [-0.05, 0) is 38.0 Å². The van der Waals surface area contributed by atoms with E-state index in [-0.39, 0.29) is 0 Å². The summed E-state index contributed by atoms with van der Waals surface area (Å²) in [6, 6.07) is 6.44. The molecule has 4 heteroatoms. The normalized spacial score (nSPS) is 20.9. The van der Waals surface area contributed by atoms with Gasteiger partial charge in [0.2, 0.25) is 0 Å². The van der Waals surface area contributed by atoms with E-state index in [9.17, 15) is 0 Å². The van der Waals surface area contributed by atoms with Crippen LogP contribution in [0.1, 0.15) is 25.3 Å². The number of benzene rings is 1. The molecule has 2 unspecified atom stereocenters. The molecule has 0 bridgehead atoms. The quantitative estimate of drug-likeness (QED) is 0.906. The van der Waals surface area contributed by atoms with Gasteiger partial charge in [0.15, 0.2) is 0 Å². The molecule has 1 aromatic carbocycles. The molecule has 1 N–H and O–H groups in total. The average molecular weight is 314 g/mol. The summed E-state index contributed by atoms with van der Waals surface area (Å²) in [5.41, 5.74) is 1.16. The van der Waals surface area contributed by atoms with Gasteiger partial charge in [0, 0.05) is 29.2 Å². The van der Waals surface area contributed by atoms with E-state index in [2.05, 4.69) is 34.2 Å². The van der Waals surface area contributed by atoms with Crippen molar-refractivity contribution in [3.8, 4) is 5.75 Å². The molecule has 2 rings (SSSR count). The zero-order valence-corrected chi connectivity index (χ0v) is 12.5. The van der Waals surface area contributed by atoms with Gasteiger partial charge in [-0.2, -0.15) is 0 Å². The summed E-state index contributed by atoms with van der Waals surface area (Å²) < 4.78 is 12.1. The van der Waals surface area contributed by atoms with Crippen LogP contribution in [0.15, 0.2) is 22.7 Å². The minimum atomic E-state index is 0.350. The van der Waals surface area contributed by atoms with E-state index in [1.807, 2.05) is 12.1 Å². The van der Waals surface area contributed by atoms with Crippen LogP contribution in [0.4, 0.5) is 0 Å². The minimum absolute atomic E-state index is 0.350. The standard InChI is InChI=1S/C14H20BrNO2/c1-10(13-4-3-7-18-13)16-9-11-8-12(15)5-6-14(11)17-2/h5-6,8,10,13,16H,3-4,7,9H2,1-2H3. The molecule has 0 amide bonds. The summed E-state index contributed by atoms with van der Waals surface area (Å²) in [5.74, 6) is 0.922. The van der Waals surface area contributed by atoms with Gasteiger partial charge < -0.3 is 14.8 Å². The van der Waals surface area contributed by atoms with E-state index < -0.39 is 0 Å². The third-order valence-electron chi connectivity index (χ3n) is 3.38. The van der Waals surface area contributed by atoms with Gasteiger partial charge in [-0.25, -0.2) is 0 Å². The number of hydrogen-bond donors (Lipinski definition) is 1. The number of halogens is 1. The molecular formula is C14H20BrNO2. The predicted molar refractivity (Wildman–Crippen MR) is 76.0 cm³/mol. The van der Waals surface area contributed by atoms with Gasteiger partial charge in [0.05, 0.1) is 13.2 Å². The van der Waals surface area contributed by atoms with E-state index >= 15 is 0 Å². The maximum absolute atomic E-state index is 5.68. The van der Waals surface area contributed by atoms with Crippen LogP contribution in [-0.2, 0) is 11.3 Å². The van der Waals surface area contributed by atoms with Crippen LogP contribution in [0.2, 0.25) is 0 Å². The Bertz CT molecular complexity index is 391. The Hall–Kier alpha value is -0.580. The highest BCUT2D eigenvalue weighted by atomic mass is 79.9. The minimum Gasteiger partial charge on any atom is -0.496 e. The molecule has 0 aliphatic carbocycles. The van der Waals surface area contributed by atoms with E-state index in [4.69, 9.17) is 9.47 Å². The third-order valence-corrected chi connectivity index (χ3v) is 3.87. The molecule has 0 radical (unpaired) electrons. The number of ether oxygens (including phenoxy) is 2. The van der Waals surface area contributed by atoms with Gasteiger partial charge in [0.25, 0.3) is 0 Å². The first-order valence-corrected chi connectivity index (χ1v) is 7.17. The van der Waals surface area contributed by atoms with Crippen molar-refractivity contribution < 1.29 is 9.47 Å². The summed E-state index contributed by atoms with van der Waals surface area (Å²) >= 11 is 3.49. The lowest BCUT2D eigenvalue weighted by molar-refractivity contribution is 0.0831. The van der Waals surface area contributed by atoms with Gasteiger partial charge in [0.1, 0.15) is 5.75 Å². The smallest absolute Gasteiger partial charge is 0.123 e. The summed E-state index contributed by atoms with van der Waals surface area (Å²) in [5, 5.41) is 3.52. The highest BCUT2D eigenvalue weighted by Gasteiger charge is 2.21. The van der Waals surface area contributed by atoms with Crippen molar-refractivity contribution >= 4 is 15.9 Å². The van der Waals surface area contributed by atoms with Gasteiger partial charge in [-0.1, -0.05) is 15.9 Å². The summed E-state index contributed by atoms with van der Waals surface area (Å²) in [7, 11) is 1.70. The predicted octanol–water partition coefficient (Wildman–Crippen LogP) is 3.11. The Balaban J connectivity index is 1.94. The highest BCUT2D eigenvalue weighted by molar-refractivity contribution is 9.10. The van der Waals surface area contributed by atoms with Crippen LogP contribution in [0.5, 0.6) is 5.75 Å². The summed E-state index contributed by atoms with van der Waals surface area (Å²) in [6.45, 7) is 3.88. The van der Waals surface area contributed by atoms with Crippen molar-refractivity contribution in [2.75, 3.05) is 13.7 Å². The van der Waals surface area contributed by atoms with Crippen LogP contribution in [0.25, 0.3) is 0 Å². The van der Waals surface area contributed by atoms with Crippen LogP contribution in [0, 0.1) is 0 Å². The lowest BCUT2D eigenvalue weighted by Gasteiger charge is -2.20. The molecule has 2 atom stereocenters. The Kier molecular flexibility index (Phi) is 5.03. The lowest BCUT2D eigenvalue weighted by Crippen LogP contribution is -2.36. The molecule has 3 nitrogen and oxygen atoms in total. The molecule has 1 aliphatic rings. The first-order chi connectivity index (χ1) is 8.70. The Morgan fingerprint density at radius 2 is 2.39 bits per heavy atom. The second kappa shape index (κ2) is 6.55. The first-order valence-electron chi connectivity index (χ1n) is 6.38. The fourth-order valence-corrected chi connectivity index (χ4v) is 2.69. The third kappa shape index (κ3) is 3.46. The molecule has 18 heavy (non-hydrogen) atoms. The van der Waals surface area contributed by atoms with E-state index in [1.54, 1.807) is 7.11 Å². The van der Waals surface area contributed by atoms with E-state index in [1.165, 1.54) is 6.42 Å². The zero-order valence-electron chi connectivity index (χ0n) is 10.9. The molecular weight excluding hydrogens is 294 g/mol. The lowest BCUT2D eigenvalue weighted by atomic mass is 10.1. The molecule has 100 valence electrons. The van der Waals surface area contributed by atoms with Gasteiger partial charge >= 0.3 is 0 Å². The summed E-state index contributed by atoms with van der Waals surface area (Å²) in [4.78, 5) is 0. The SMILES string of the molecule is COc1ccc(Br)cc1CNC(C)C1CCCO1. The molecule has 1 fully saturated rings. The molecule has 0 spiro atoms. The van der Waals surface area contributed by atoms with Gasteiger partial charge in [-0.15, -0.1) is 0 Å². The zero-order chi connectivity index (χ0) is 13.0. The van der Waals surface area contributed by atoms with Crippen LogP contribution >= 0.6 is 15.9 Å². The second-order valence-corrected chi connectivity index (χ2v) is 5.59. The van der Waals surface area contributed by atoms with Crippen LogP contribution in [0.3, 0.4) is 0 Å². The van der Waals surface area contributed by atoms with Crippen molar-refractivity contribution in [1.82, 2.24) is 5.32 Å². The maximum atomic E-state index is 5.68. The van der Waals surface area contributed by atoms with E-state index in [0.29, 0.717) is 12.1 Å². The van der Waals surface area contributed by atoms with Gasteiger partial charge in [-0.3, -0.25) is 0 Å². The van der Waals surface area contributed by atoms with Crippen LogP contribution in [-0.4, -0.2) is 25.9 Å². The molecule has 1 saturated heterocycles. The number of nitrogens with one attached hydrogen (secondary N) is 1. The van der Waals surface area contributed by atoms with Crippen molar-refractivity contribution in [3.63, 3.8) is 0 Å². The molecule has 1 aromatic rings. The fourth-order valence-electron chi connectivity index (χ4n) is 2.28. The fraction of sp³-hybridized carbons (Fsp3) is 0.571. The van der Waals surface area contributed by atoms with E-state index in [0.717, 1.165) is 35.4 Å². The monoisotopic (exact) mass is 313 g/mol. The molecule has 0 aromatic heterocycles. The van der Waals surface area contributed by atoms with Crippen LogP contribution < -0.4 is 10.1 Å². The highest BCUT2D eigenvalue weighted by Crippen LogP contribution is 2.23. The van der Waals surface area contributed by atoms with Crippen molar-refractivity contribution in [3.05, 3.63) is 28.2 Å². The Morgan fingerprint density at radius 3 is 3.06 bits per heavy atom. The Labute approximate surface area is 117 Å². The Morgan fingerprint density at radius 1 is 1.56 bits per heavy atom. The topological polar surface area (TPSA) is 30.5 Å². The second-order valence-electron chi connectivity index (χ2n) is 4.68. The van der Waals surface area contributed by atoms with Crippen molar-refractivity contribution in [1.29, 1.82) is 0 Å². The number of rotatable bonds is 5. The molecule has 1 heterocycles.